The second kappa shape index (κ2) is 4.06. The highest BCUT2D eigenvalue weighted by Gasteiger charge is 2.29. The van der Waals surface area contributed by atoms with Crippen molar-refractivity contribution in [1.82, 2.24) is 0 Å². The summed E-state index contributed by atoms with van der Waals surface area (Å²) in [6.45, 7) is 6.24. The standard InChI is InChI=1S/C13H18FNO/c1-13(2)3-4-15(9-13)12-6-10(8-16)5-11(14)7-12/h5-7,16H,3-4,8-9H2,1-2H3. The van der Waals surface area contributed by atoms with Crippen LogP contribution in [-0.2, 0) is 6.61 Å². The third kappa shape index (κ3) is 2.35. The molecule has 0 bridgehead atoms. The lowest BCUT2D eigenvalue weighted by Gasteiger charge is -2.22. The molecule has 0 radical (unpaired) electrons. The van der Waals surface area contributed by atoms with E-state index in [4.69, 9.17) is 5.11 Å². The molecule has 0 saturated carbocycles. The second-order valence-corrected chi connectivity index (χ2v) is 5.31. The molecule has 1 aliphatic heterocycles. The van der Waals surface area contributed by atoms with Gasteiger partial charge in [-0.2, -0.15) is 0 Å². The predicted octanol–water partition coefficient (Wildman–Crippen LogP) is 2.55. The largest absolute Gasteiger partial charge is 0.392 e. The molecule has 2 nitrogen and oxygen atoms in total. The van der Waals surface area contributed by atoms with E-state index in [1.54, 1.807) is 6.07 Å². The van der Waals surface area contributed by atoms with E-state index in [1.165, 1.54) is 6.07 Å². The van der Waals surface area contributed by atoms with E-state index in [0.29, 0.717) is 11.0 Å². The van der Waals surface area contributed by atoms with Crippen molar-refractivity contribution < 1.29 is 9.50 Å². The van der Waals surface area contributed by atoms with Gasteiger partial charge in [-0.3, -0.25) is 0 Å². The first kappa shape index (κ1) is 11.4. The lowest BCUT2D eigenvalue weighted by atomic mass is 9.93. The first-order chi connectivity index (χ1) is 7.50. The maximum absolute atomic E-state index is 13.3. The normalized spacial score (nSPS) is 19.1. The molecule has 1 aromatic carbocycles. The van der Waals surface area contributed by atoms with Crippen molar-refractivity contribution in [1.29, 1.82) is 0 Å². The zero-order valence-corrected chi connectivity index (χ0v) is 9.83. The Morgan fingerprint density at radius 2 is 2.12 bits per heavy atom. The molecule has 0 spiro atoms. The summed E-state index contributed by atoms with van der Waals surface area (Å²) in [6, 6.07) is 4.79. The number of hydrogen-bond acceptors (Lipinski definition) is 2. The fraction of sp³-hybridized carbons (Fsp3) is 0.538. The van der Waals surface area contributed by atoms with Gasteiger partial charge in [-0.25, -0.2) is 4.39 Å². The van der Waals surface area contributed by atoms with Crippen LogP contribution >= 0.6 is 0 Å². The maximum Gasteiger partial charge on any atom is 0.125 e. The topological polar surface area (TPSA) is 23.5 Å². The lowest BCUT2D eigenvalue weighted by molar-refractivity contribution is 0.281. The molecule has 0 atom stereocenters. The maximum atomic E-state index is 13.3. The Bertz CT molecular complexity index is 390. The SMILES string of the molecule is CC1(C)CCN(c2cc(F)cc(CO)c2)C1. The van der Waals surface area contributed by atoms with Gasteiger partial charge in [0.25, 0.3) is 0 Å². The van der Waals surface area contributed by atoms with Gasteiger partial charge in [-0.05, 0) is 35.6 Å². The van der Waals surface area contributed by atoms with Crippen molar-refractivity contribution in [2.45, 2.75) is 26.9 Å². The van der Waals surface area contributed by atoms with Gasteiger partial charge in [0.1, 0.15) is 5.82 Å². The smallest absolute Gasteiger partial charge is 0.125 e. The summed E-state index contributed by atoms with van der Waals surface area (Å²) < 4.78 is 13.3. The summed E-state index contributed by atoms with van der Waals surface area (Å²) in [6.07, 6.45) is 1.12. The molecular formula is C13H18FNO. The zero-order valence-electron chi connectivity index (χ0n) is 9.83. The Labute approximate surface area is 95.7 Å². The van der Waals surface area contributed by atoms with Crippen LogP contribution in [0.25, 0.3) is 0 Å². The molecule has 2 rings (SSSR count). The van der Waals surface area contributed by atoms with Gasteiger partial charge in [-0.15, -0.1) is 0 Å². The Kier molecular flexibility index (Phi) is 2.89. The second-order valence-electron chi connectivity index (χ2n) is 5.31. The first-order valence-corrected chi connectivity index (χ1v) is 5.65. The third-order valence-electron chi connectivity index (χ3n) is 3.17. The highest BCUT2D eigenvalue weighted by molar-refractivity contribution is 5.50. The molecule has 3 heteroatoms. The van der Waals surface area contributed by atoms with E-state index in [0.717, 1.165) is 25.2 Å². The van der Waals surface area contributed by atoms with Crippen molar-refractivity contribution in [2.24, 2.45) is 5.41 Å². The average Bonchev–Trinajstić information content (AvgIpc) is 2.58. The van der Waals surface area contributed by atoms with Crippen LogP contribution in [0.1, 0.15) is 25.8 Å². The van der Waals surface area contributed by atoms with Crippen LogP contribution in [-0.4, -0.2) is 18.2 Å². The Balaban J connectivity index is 2.24. The molecule has 88 valence electrons. The van der Waals surface area contributed by atoms with Crippen molar-refractivity contribution in [3.05, 3.63) is 29.6 Å². The number of aliphatic hydroxyl groups excluding tert-OH is 1. The van der Waals surface area contributed by atoms with Crippen LogP contribution in [0.2, 0.25) is 0 Å². The minimum Gasteiger partial charge on any atom is -0.392 e. The van der Waals surface area contributed by atoms with E-state index in [1.807, 2.05) is 6.07 Å². The summed E-state index contributed by atoms with van der Waals surface area (Å²) in [5, 5.41) is 9.05. The monoisotopic (exact) mass is 223 g/mol. The van der Waals surface area contributed by atoms with Crippen LogP contribution in [0.3, 0.4) is 0 Å². The molecule has 0 aromatic heterocycles. The summed E-state index contributed by atoms with van der Waals surface area (Å²) in [4.78, 5) is 2.18. The third-order valence-corrected chi connectivity index (χ3v) is 3.17. The van der Waals surface area contributed by atoms with E-state index in [-0.39, 0.29) is 12.4 Å². The van der Waals surface area contributed by atoms with Crippen LogP contribution in [0.4, 0.5) is 10.1 Å². The summed E-state index contributed by atoms with van der Waals surface area (Å²) in [7, 11) is 0. The van der Waals surface area contributed by atoms with Gasteiger partial charge in [0.2, 0.25) is 0 Å². The molecule has 16 heavy (non-hydrogen) atoms. The van der Waals surface area contributed by atoms with E-state index >= 15 is 0 Å². The Morgan fingerprint density at radius 3 is 2.69 bits per heavy atom. The molecule has 0 amide bonds. The van der Waals surface area contributed by atoms with Crippen LogP contribution in [0.15, 0.2) is 18.2 Å². The van der Waals surface area contributed by atoms with Crippen molar-refractivity contribution >= 4 is 5.69 Å². The fourth-order valence-electron chi connectivity index (χ4n) is 2.24. The molecule has 1 aliphatic rings. The summed E-state index contributed by atoms with van der Waals surface area (Å²) in [5.41, 5.74) is 1.82. The Morgan fingerprint density at radius 1 is 1.38 bits per heavy atom. The minimum atomic E-state index is -0.272. The number of anilines is 1. The van der Waals surface area contributed by atoms with Crippen LogP contribution < -0.4 is 4.90 Å². The van der Waals surface area contributed by atoms with Crippen LogP contribution in [0, 0.1) is 11.2 Å². The van der Waals surface area contributed by atoms with Gasteiger partial charge >= 0.3 is 0 Å². The zero-order chi connectivity index (χ0) is 11.8. The van der Waals surface area contributed by atoms with Crippen molar-refractivity contribution in [3.8, 4) is 0 Å². The Hall–Kier alpha value is -1.09. The molecule has 1 fully saturated rings. The fourth-order valence-corrected chi connectivity index (χ4v) is 2.24. The number of rotatable bonds is 2. The van der Waals surface area contributed by atoms with Crippen molar-refractivity contribution in [2.75, 3.05) is 18.0 Å². The van der Waals surface area contributed by atoms with Gasteiger partial charge in [0.15, 0.2) is 0 Å². The van der Waals surface area contributed by atoms with E-state index in [2.05, 4.69) is 18.7 Å². The summed E-state index contributed by atoms with van der Waals surface area (Å²) >= 11 is 0. The number of halogens is 1. The lowest BCUT2D eigenvalue weighted by Crippen LogP contribution is -2.22. The molecule has 1 N–H and O–H groups in total. The molecule has 1 heterocycles. The van der Waals surface area contributed by atoms with E-state index < -0.39 is 0 Å². The molecule has 1 aromatic rings. The minimum absolute atomic E-state index is 0.109. The van der Waals surface area contributed by atoms with Gasteiger partial charge in [-0.1, -0.05) is 13.8 Å². The van der Waals surface area contributed by atoms with E-state index in [9.17, 15) is 4.39 Å². The van der Waals surface area contributed by atoms with Gasteiger partial charge < -0.3 is 10.0 Å². The quantitative estimate of drug-likeness (QED) is 0.833. The highest BCUT2D eigenvalue weighted by Crippen LogP contribution is 2.33. The molecule has 0 unspecified atom stereocenters. The average molecular weight is 223 g/mol. The van der Waals surface area contributed by atoms with Gasteiger partial charge in [0, 0.05) is 18.8 Å². The molecule has 0 aliphatic carbocycles. The first-order valence-electron chi connectivity index (χ1n) is 5.65. The van der Waals surface area contributed by atoms with Gasteiger partial charge in [0.05, 0.1) is 6.61 Å². The van der Waals surface area contributed by atoms with Crippen LogP contribution in [0.5, 0.6) is 0 Å². The predicted molar refractivity (Wildman–Crippen MR) is 62.9 cm³/mol. The number of benzene rings is 1. The molecular weight excluding hydrogens is 205 g/mol. The molecule has 1 saturated heterocycles. The number of hydrogen-bond donors (Lipinski definition) is 1. The number of nitrogens with zero attached hydrogens (tertiary/aromatic N) is 1. The number of aliphatic hydroxyl groups is 1. The highest BCUT2D eigenvalue weighted by atomic mass is 19.1. The van der Waals surface area contributed by atoms with Crippen molar-refractivity contribution in [3.63, 3.8) is 0 Å². The summed E-state index contributed by atoms with van der Waals surface area (Å²) in [5.74, 6) is -0.272.